The standard InChI is InChI=1S/C15H17N3O2S/c19-14(17-11-9-18-6-3-10(11)4-7-18)12-1-2-13(21-12)15-16-5-8-20-15/h1-2,5,8,10-11H,3-4,6-7,9H2,(H,17,19). The third-order valence-corrected chi connectivity index (χ3v) is 5.52. The zero-order valence-corrected chi connectivity index (χ0v) is 12.4. The Morgan fingerprint density at radius 3 is 2.90 bits per heavy atom. The average molecular weight is 303 g/mol. The van der Waals surface area contributed by atoms with E-state index in [1.165, 1.54) is 37.3 Å². The molecular weight excluding hydrogens is 286 g/mol. The summed E-state index contributed by atoms with van der Waals surface area (Å²) >= 11 is 1.43. The summed E-state index contributed by atoms with van der Waals surface area (Å²) in [6.07, 6.45) is 5.57. The number of oxazole rings is 1. The molecule has 110 valence electrons. The molecular formula is C15H17N3O2S. The molecule has 1 unspecified atom stereocenters. The average Bonchev–Trinajstić information content (AvgIpc) is 3.20. The molecule has 21 heavy (non-hydrogen) atoms. The number of hydrogen-bond acceptors (Lipinski definition) is 5. The van der Waals surface area contributed by atoms with Gasteiger partial charge in [-0.25, -0.2) is 4.98 Å². The van der Waals surface area contributed by atoms with Crippen molar-refractivity contribution in [3.63, 3.8) is 0 Å². The van der Waals surface area contributed by atoms with Gasteiger partial charge in [-0.2, -0.15) is 0 Å². The third kappa shape index (κ3) is 2.49. The van der Waals surface area contributed by atoms with E-state index in [1.54, 1.807) is 12.5 Å². The second kappa shape index (κ2) is 5.27. The SMILES string of the molecule is O=C(NC1CN2CCC1CC2)c1ccc(-c2ncco2)s1. The minimum Gasteiger partial charge on any atom is -0.444 e. The van der Waals surface area contributed by atoms with E-state index in [0.717, 1.165) is 16.3 Å². The van der Waals surface area contributed by atoms with Crippen LogP contribution < -0.4 is 5.32 Å². The Bertz CT molecular complexity index is 629. The van der Waals surface area contributed by atoms with Gasteiger partial charge in [-0.05, 0) is 44.0 Å². The fourth-order valence-electron chi connectivity index (χ4n) is 3.29. The quantitative estimate of drug-likeness (QED) is 0.944. The summed E-state index contributed by atoms with van der Waals surface area (Å²) in [5.41, 5.74) is 0. The van der Waals surface area contributed by atoms with Crippen molar-refractivity contribution in [3.05, 3.63) is 29.5 Å². The number of carbonyl (C=O) groups excluding carboxylic acids is 1. The minimum absolute atomic E-state index is 0.0246. The summed E-state index contributed by atoms with van der Waals surface area (Å²) in [4.78, 5) is 20.6. The molecule has 0 saturated carbocycles. The fourth-order valence-corrected chi connectivity index (χ4v) is 4.14. The number of nitrogens with one attached hydrogen (secondary N) is 1. The van der Waals surface area contributed by atoms with Crippen LogP contribution in [0.1, 0.15) is 22.5 Å². The number of piperidine rings is 3. The number of thiophene rings is 1. The van der Waals surface area contributed by atoms with E-state index in [4.69, 9.17) is 4.42 Å². The van der Waals surface area contributed by atoms with Crippen molar-refractivity contribution < 1.29 is 9.21 Å². The maximum Gasteiger partial charge on any atom is 0.261 e. The Morgan fingerprint density at radius 1 is 1.38 bits per heavy atom. The smallest absolute Gasteiger partial charge is 0.261 e. The highest BCUT2D eigenvalue weighted by molar-refractivity contribution is 7.17. The molecule has 3 saturated heterocycles. The molecule has 3 aliphatic rings. The Kier molecular flexibility index (Phi) is 3.27. The zero-order valence-electron chi connectivity index (χ0n) is 11.6. The van der Waals surface area contributed by atoms with Gasteiger partial charge in [0.15, 0.2) is 0 Å². The number of hydrogen-bond donors (Lipinski definition) is 1. The van der Waals surface area contributed by atoms with Crippen molar-refractivity contribution in [2.45, 2.75) is 18.9 Å². The van der Waals surface area contributed by atoms with E-state index in [0.29, 0.717) is 17.9 Å². The van der Waals surface area contributed by atoms with E-state index < -0.39 is 0 Å². The predicted molar refractivity (Wildman–Crippen MR) is 80.2 cm³/mol. The van der Waals surface area contributed by atoms with E-state index in [-0.39, 0.29) is 5.91 Å². The Hall–Kier alpha value is -1.66. The first-order valence-electron chi connectivity index (χ1n) is 7.32. The summed E-state index contributed by atoms with van der Waals surface area (Å²) in [7, 11) is 0. The number of rotatable bonds is 3. The molecule has 1 N–H and O–H groups in total. The summed E-state index contributed by atoms with van der Waals surface area (Å²) in [5, 5.41) is 3.20. The molecule has 3 aliphatic heterocycles. The van der Waals surface area contributed by atoms with Crippen molar-refractivity contribution in [3.8, 4) is 10.8 Å². The van der Waals surface area contributed by atoms with E-state index >= 15 is 0 Å². The van der Waals surface area contributed by atoms with Gasteiger partial charge >= 0.3 is 0 Å². The van der Waals surface area contributed by atoms with Gasteiger partial charge < -0.3 is 14.6 Å². The van der Waals surface area contributed by atoms with Gasteiger partial charge in [0.05, 0.1) is 16.0 Å². The third-order valence-electron chi connectivity index (χ3n) is 4.45. The molecule has 2 aromatic rings. The second-order valence-corrected chi connectivity index (χ2v) is 6.80. The lowest BCUT2D eigenvalue weighted by Crippen LogP contribution is -2.57. The summed E-state index contributed by atoms with van der Waals surface area (Å²) in [6, 6.07) is 4.04. The summed E-state index contributed by atoms with van der Waals surface area (Å²) < 4.78 is 5.26. The highest BCUT2D eigenvalue weighted by Crippen LogP contribution is 2.29. The molecule has 5 nitrogen and oxygen atoms in total. The second-order valence-electron chi connectivity index (χ2n) is 5.72. The first-order chi connectivity index (χ1) is 10.3. The van der Waals surface area contributed by atoms with Gasteiger partial charge in [-0.15, -0.1) is 11.3 Å². The van der Waals surface area contributed by atoms with Gasteiger partial charge in [0.2, 0.25) is 5.89 Å². The van der Waals surface area contributed by atoms with Crippen LogP contribution in [-0.4, -0.2) is 41.5 Å². The van der Waals surface area contributed by atoms with Crippen LogP contribution in [0.5, 0.6) is 0 Å². The van der Waals surface area contributed by atoms with Crippen molar-refractivity contribution in [2.75, 3.05) is 19.6 Å². The van der Waals surface area contributed by atoms with Crippen LogP contribution in [0.4, 0.5) is 0 Å². The summed E-state index contributed by atoms with van der Waals surface area (Å²) in [6.45, 7) is 3.36. The molecule has 0 aliphatic carbocycles. The van der Waals surface area contributed by atoms with Crippen molar-refractivity contribution >= 4 is 17.2 Å². The maximum atomic E-state index is 12.4. The van der Waals surface area contributed by atoms with Crippen molar-refractivity contribution in [1.82, 2.24) is 15.2 Å². The van der Waals surface area contributed by atoms with Gasteiger partial charge in [0.25, 0.3) is 5.91 Å². The molecule has 0 spiro atoms. The molecule has 2 bridgehead atoms. The first kappa shape index (κ1) is 13.0. The lowest BCUT2D eigenvalue weighted by Gasteiger charge is -2.44. The molecule has 0 aromatic carbocycles. The minimum atomic E-state index is 0.0246. The van der Waals surface area contributed by atoms with Crippen LogP contribution >= 0.6 is 11.3 Å². The van der Waals surface area contributed by atoms with Crippen LogP contribution in [0.2, 0.25) is 0 Å². The predicted octanol–water partition coefficient (Wildman–Crippen LogP) is 2.23. The van der Waals surface area contributed by atoms with Gasteiger partial charge in [-0.3, -0.25) is 4.79 Å². The zero-order chi connectivity index (χ0) is 14.2. The largest absolute Gasteiger partial charge is 0.444 e. The molecule has 2 aromatic heterocycles. The topological polar surface area (TPSA) is 58.4 Å². The molecule has 5 heterocycles. The number of amides is 1. The van der Waals surface area contributed by atoms with E-state index in [2.05, 4.69) is 15.2 Å². The maximum absolute atomic E-state index is 12.4. The van der Waals surface area contributed by atoms with E-state index in [1.807, 2.05) is 12.1 Å². The van der Waals surface area contributed by atoms with Crippen LogP contribution in [0, 0.1) is 5.92 Å². The van der Waals surface area contributed by atoms with Crippen LogP contribution in [0.3, 0.4) is 0 Å². The number of carbonyl (C=O) groups is 1. The number of fused-ring (bicyclic) bond motifs is 3. The van der Waals surface area contributed by atoms with Crippen molar-refractivity contribution in [2.24, 2.45) is 5.92 Å². The molecule has 1 atom stereocenters. The van der Waals surface area contributed by atoms with Crippen molar-refractivity contribution in [1.29, 1.82) is 0 Å². The van der Waals surface area contributed by atoms with Gasteiger partial charge in [0, 0.05) is 12.6 Å². The van der Waals surface area contributed by atoms with Gasteiger partial charge in [0.1, 0.15) is 6.26 Å². The number of nitrogens with zero attached hydrogens (tertiary/aromatic N) is 2. The molecule has 5 rings (SSSR count). The highest BCUT2D eigenvalue weighted by atomic mass is 32.1. The lowest BCUT2D eigenvalue weighted by molar-refractivity contribution is 0.0622. The van der Waals surface area contributed by atoms with Crippen LogP contribution in [0.15, 0.2) is 29.0 Å². The summed E-state index contributed by atoms with van der Waals surface area (Å²) in [5.74, 6) is 1.24. The highest BCUT2D eigenvalue weighted by Gasteiger charge is 2.35. The van der Waals surface area contributed by atoms with E-state index in [9.17, 15) is 4.79 Å². The monoisotopic (exact) mass is 303 g/mol. The Balaban J connectivity index is 1.46. The Labute approximate surface area is 127 Å². The fraction of sp³-hybridized carbons (Fsp3) is 0.467. The normalized spacial score (nSPS) is 27.7. The molecule has 0 radical (unpaired) electrons. The molecule has 1 amide bonds. The molecule has 3 fully saturated rings. The van der Waals surface area contributed by atoms with Gasteiger partial charge in [-0.1, -0.05) is 0 Å². The molecule has 6 heteroatoms. The Morgan fingerprint density at radius 2 is 2.24 bits per heavy atom. The lowest BCUT2D eigenvalue weighted by atomic mass is 9.84. The number of aromatic nitrogens is 1. The first-order valence-corrected chi connectivity index (χ1v) is 8.14. The van der Waals surface area contributed by atoms with Crippen LogP contribution in [-0.2, 0) is 0 Å². The van der Waals surface area contributed by atoms with Crippen LogP contribution in [0.25, 0.3) is 10.8 Å².